The van der Waals surface area contributed by atoms with E-state index in [-0.39, 0.29) is 82.3 Å². The van der Waals surface area contributed by atoms with Gasteiger partial charge in [-0.1, -0.05) is 147 Å². The van der Waals surface area contributed by atoms with E-state index in [1.54, 1.807) is 67.5 Å². The number of aliphatic hydroxyl groups is 2. The van der Waals surface area contributed by atoms with Crippen LogP contribution in [0.1, 0.15) is 215 Å². The van der Waals surface area contributed by atoms with Gasteiger partial charge in [0.2, 0.25) is 35.4 Å². The molecule has 13 atom stereocenters. The molecule has 0 aromatic heterocycles. The van der Waals surface area contributed by atoms with Crippen LogP contribution in [-0.2, 0) is 57.5 Å². The highest BCUT2D eigenvalue weighted by atomic mass is 16.5. The van der Waals surface area contributed by atoms with Crippen LogP contribution in [-0.4, -0.2) is 184 Å². The van der Waals surface area contributed by atoms with Gasteiger partial charge in [0.15, 0.2) is 28.9 Å². The number of nitrogens with zero attached hydrogens (tertiary/aromatic N) is 4. The first-order valence-corrected chi connectivity index (χ1v) is 34.9. The molecule has 1 heterocycles. The normalized spacial score (nSPS) is 25.9. The van der Waals surface area contributed by atoms with Gasteiger partial charge in [-0.3, -0.25) is 52.7 Å². The molecule has 0 bridgehead atoms. The van der Waals surface area contributed by atoms with Crippen LogP contribution in [0.3, 0.4) is 0 Å². The van der Waals surface area contributed by atoms with Crippen LogP contribution in [0.4, 0.5) is 0 Å². The zero-order chi connectivity index (χ0) is 72.6. The minimum atomic E-state index is -1.39. The number of carbonyl (C=O) groups is 11. The lowest BCUT2D eigenvalue weighted by molar-refractivity contribution is -0.148. The summed E-state index contributed by atoms with van der Waals surface area (Å²) in [5, 5.41) is 26.8. The Hall–Kier alpha value is -5.73. The Balaban J connectivity index is 0.0000101. The Bertz CT molecular complexity index is 2500. The number of ketones is 5. The second kappa shape index (κ2) is 44.9. The molecule has 0 aromatic carbocycles. The quantitative estimate of drug-likeness (QED) is 0.0779. The van der Waals surface area contributed by atoms with Gasteiger partial charge < -0.3 is 45.2 Å². The maximum absolute atomic E-state index is 14.9. The van der Waals surface area contributed by atoms with Crippen LogP contribution in [0.5, 0.6) is 0 Å². The summed E-state index contributed by atoms with van der Waals surface area (Å²) in [6.45, 7) is 34.6. The number of ether oxygens (including phenoxy) is 1. The van der Waals surface area contributed by atoms with Gasteiger partial charge in [-0.2, -0.15) is 0 Å². The molecule has 1 fully saturated rings. The largest absolute Gasteiger partial charge is 0.392 e. The molecule has 1 aliphatic rings. The highest BCUT2D eigenvalue weighted by molar-refractivity contribution is 5.99. The minimum Gasteiger partial charge on any atom is -0.392 e. The van der Waals surface area contributed by atoms with Gasteiger partial charge in [-0.25, -0.2) is 0 Å². The number of nitrogens with one attached hydrogen (secondary N) is 2. The lowest BCUT2D eigenvalue weighted by atomic mass is 9.82. The Labute approximate surface area is 566 Å². The zero-order valence-electron chi connectivity index (χ0n) is 62.1. The second-order valence-electron chi connectivity index (χ2n) is 28.8. The Kier molecular flexibility index (Phi) is 42.2. The third-order valence-corrected chi connectivity index (χ3v) is 17.8. The van der Waals surface area contributed by atoms with E-state index in [1.165, 1.54) is 73.6 Å². The predicted octanol–water partition coefficient (Wildman–Crippen LogP) is 9.74. The van der Waals surface area contributed by atoms with Crippen molar-refractivity contribution in [2.45, 2.75) is 263 Å². The zero-order valence-corrected chi connectivity index (χ0v) is 62.1. The molecule has 0 saturated carbocycles. The number of likely N-dealkylation sites (N-methyl/N-ethyl adjacent to an activating group) is 4. The molecule has 1 rings (SSSR count). The van der Waals surface area contributed by atoms with Crippen LogP contribution in [0, 0.1) is 65.1 Å². The number of hydrogen-bond acceptors (Lipinski definition) is 14. The van der Waals surface area contributed by atoms with Crippen molar-refractivity contribution in [1.82, 2.24) is 30.2 Å². The van der Waals surface area contributed by atoms with Crippen LogP contribution < -0.4 is 10.6 Å². The second-order valence-corrected chi connectivity index (χ2v) is 28.8. The van der Waals surface area contributed by atoms with E-state index >= 15 is 0 Å². The highest BCUT2D eigenvalue weighted by Crippen LogP contribution is 2.30. The number of allylic oxidation sites excluding steroid dienone is 4. The summed E-state index contributed by atoms with van der Waals surface area (Å²) in [6.07, 6.45) is 10.00. The fourth-order valence-corrected chi connectivity index (χ4v) is 12.1. The van der Waals surface area contributed by atoms with Crippen molar-refractivity contribution < 1.29 is 67.7 Å². The van der Waals surface area contributed by atoms with Gasteiger partial charge in [-0.15, -0.1) is 0 Å². The SMILES string of the molecule is C/C=C/C[C@@H](C)[C@@H](O)[C@@H]1CC(=O)[C@H](C(C)C)N(C)C(=O)[C@H](CC(C)C)CC(=O)[C@H](CC(C)C)N(C)C(=O)[C@@H](C)NC(=O)[C@H](C)CC(=O)[C@H](CC(C)C)N(C)C(=O)[C@H](C(C)C)CC(=O)[C@H]([C@@H](C)OC/C=C/CO)N(C)C(=O)CCC(=O)[C@H](CC)NC1=O.CC/C=C/CC(C)C. The molecule has 4 N–H and O–H groups in total. The highest BCUT2D eigenvalue weighted by Gasteiger charge is 2.43. The average Bonchev–Trinajstić information content (AvgIpc) is 0.837. The third kappa shape index (κ3) is 30.1. The van der Waals surface area contributed by atoms with Gasteiger partial charge in [0.25, 0.3) is 0 Å². The molecule has 538 valence electrons. The summed E-state index contributed by atoms with van der Waals surface area (Å²) < 4.78 is 6.00. The summed E-state index contributed by atoms with van der Waals surface area (Å²) in [6, 6.07) is -6.75. The smallest absolute Gasteiger partial charge is 0.245 e. The molecule has 1 saturated heterocycles. The van der Waals surface area contributed by atoms with Crippen LogP contribution in [0.15, 0.2) is 36.5 Å². The lowest BCUT2D eigenvalue weighted by Crippen LogP contribution is -2.53. The minimum absolute atomic E-state index is 0.0399. The molecule has 1 aliphatic heterocycles. The number of hydrogen-bond donors (Lipinski definition) is 4. The van der Waals surface area contributed by atoms with Crippen molar-refractivity contribution in [3.05, 3.63) is 36.5 Å². The van der Waals surface area contributed by atoms with Crippen molar-refractivity contribution in [3.8, 4) is 0 Å². The van der Waals surface area contributed by atoms with Gasteiger partial charge in [0, 0.05) is 84.5 Å². The molecule has 20 heteroatoms. The van der Waals surface area contributed by atoms with Gasteiger partial charge in [0.05, 0.1) is 55.5 Å². The third-order valence-electron chi connectivity index (χ3n) is 17.8. The number of Topliss-reactive ketones (excluding diaryl/α,β-unsaturated/α-hetero) is 5. The number of carbonyl (C=O) groups excluding carboxylic acids is 11. The van der Waals surface area contributed by atoms with Crippen molar-refractivity contribution >= 4 is 64.4 Å². The number of amides is 6. The Morgan fingerprint density at radius 1 is 0.521 bits per heavy atom. The Morgan fingerprint density at radius 3 is 1.54 bits per heavy atom. The molecular formula is C74H128N6O14. The summed E-state index contributed by atoms with van der Waals surface area (Å²) in [7, 11) is 5.84. The van der Waals surface area contributed by atoms with E-state index in [0.717, 1.165) is 5.92 Å². The summed E-state index contributed by atoms with van der Waals surface area (Å²) in [4.78, 5) is 165. The monoisotopic (exact) mass is 1320 g/mol. The van der Waals surface area contributed by atoms with E-state index in [2.05, 4.69) is 43.6 Å². The number of aliphatic hydroxyl groups excluding tert-OH is 2. The van der Waals surface area contributed by atoms with E-state index in [9.17, 15) is 63.0 Å². The molecule has 0 unspecified atom stereocenters. The molecule has 0 radical (unpaired) electrons. The maximum atomic E-state index is 14.9. The molecule has 94 heavy (non-hydrogen) atoms. The standard InChI is InChI=1S/C66H112N6O14.C8H16/c1-21-23-26-43(13)61(80)49-37-56(77)59(42(11)12)72(20)65(84)47(31-38(3)4)35-55(76)52(33-40(7)8)69(17)64(83)45(15)67-62(81)44(14)34-54(75)51(32-39(5)6)70(18)66(85)48(41(9)10)36-57(78)60(46(16)86-30-25-24-29-73)71(19)58(79)28-27-53(74)50(22-2)68-63(49)82;1-4-5-6-7-8(2)3/h21,23-25,38-52,59-61,73,80H,22,26-37H2,1-20H3,(H,67,81)(H,68,82);5-6,8H,4,7H2,1-3H3/b23-21+,25-24+;6-5+/t43-,44-,45-,46-,47-,48+,49+,50+,51+,52+,59+,60+,61-;/m1./s1. The maximum Gasteiger partial charge on any atom is 0.245 e. The first kappa shape index (κ1) is 88.3. The fourth-order valence-electron chi connectivity index (χ4n) is 12.1. The predicted molar refractivity (Wildman–Crippen MR) is 372 cm³/mol. The van der Waals surface area contributed by atoms with Crippen LogP contribution >= 0.6 is 0 Å². The van der Waals surface area contributed by atoms with E-state index < -0.39 is 167 Å². The first-order chi connectivity index (χ1) is 43.8. The van der Waals surface area contributed by atoms with Crippen LogP contribution in [0.25, 0.3) is 0 Å². The first-order valence-electron chi connectivity index (χ1n) is 34.9. The number of rotatable bonds is 21. The van der Waals surface area contributed by atoms with E-state index in [1.807, 2.05) is 54.5 Å². The van der Waals surface area contributed by atoms with Gasteiger partial charge in [-0.05, 0) is 107 Å². The molecular weight excluding hydrogens is 1200 g/mol. The topological polar surface area (TPSA) is 274 Å². The summed E-state index contributed by atoms with van der Waals surface area (Å²) >= 11 is 0. The summed E-state index contributed by atoms with van der Waals surface area (Å²) in [5.74, 6) is -11.3. The molecule has 20 nitrogen and oxygen atoms in total. The fraction of sp³-hybridized carbons (Fsp3) is 0.770. The Morgan fingerprint density at radius 2 is 1.05 bits per heavy atom. The van der Waals surface area contributed by atoms with Crippen molar-refractivity contribution in [1.29, 1.82) is 0 Å². The van der Waals surface area contributed by atoms with E-state index in [0.29, 0.717) is 6.42 Å². The molecule has 0 spiro atoms. The molecule has 0 aliphatic carbocycles. The molecule has 6 amide bonds. The van der Waals surface area contributed by atoms with Crippen molar-refractivity contribution in [2.75, 3.05) is 41.4 Å². The average molecular weight is 1330 g/mol. The lowest BCUT2D eigenvalue weighted by Gasteiger charge is -2.36. The van der Waals surface area contributed by atoms with Crippen LogP contribution in [0.2, 0.25) is 0 Å². The van der Waals surface area contributed by atoms with Gasteiger partial charge >= 0.3 is 0 Å². The van der Waals surface area contributed by atoms with Gasteiger partial charge in [0.1, 0.15) is 12.1 Å². The summed E-state index contributed by atoms with van der Waals surface area (Å²) in [5.41, 5.74) is 0. The van der Waals surface area contributed by atoms with E-state index in [4.69, 9.17) is 4.74 Å². The van der Waals surface area contributed by atoms with Crippen molar-refractivity contribution in [3.63, 3.8) is 0 Å². The molecule has 0 aromatic rings. The van der Waals surface area contributed by atoms with Crippen molar-refractivity contribution in [2.24, 2.45) is 65.1 Å².